The Morgan fingerprint density at radius 1 is 1.00 bits per heavy atom. The number of nitrogens with one attached hydrogen (secondary N) is 1. The Morgan fingerprint density at radius 3 is 2.46 bits per heavy atom. The molecule has 0 fully saturated rings. The molecule has 0 spiro atoms. The van der Waals surface area contributed by atoms with Gasteiger partial charge in [-0.3, -0.25) is 19.3 Å². The van der Waals surface area contributed by atoms with Gasteiger partial charge in [-0.1, -0.05) is 42.0 Å². The lowest BCUT2D eigenvalue weighted by Gasteiger charge is -2.13. The topological polar surface area (TPSA) is 66.5 Å². The van der Waals surface area contributed by atoms with E-state index in [1.165, 1.54) is 0 Å². The monoisotopic (exact) mass is 322 g/mol. The number of hydrogen-bond donors (Lipinski definition) is 1. The molecule has 1 aliphatic heterocycles. The van der Waals surface area contributed by atoms with Crippen molar-refractivity contribution in [1.29, 1.82) is 0 Å². The summed E-state index contributed by atoms with van der Waals surface area (Å²) in [6.07, 6.45) is 0.702. The van der Waals surface area contributed by atoms with Gasteiger partial charge in [0.25, 0.3) is 11.8 Å². The maximum absolute atomic E-state index is 12.3. The van der Waals surface area contributed by atoms with Crippen LogP contribution in [0.3, 0.4) is 0 Å². The van der Waals surface area contributed by atoms with Gasteiger partial charge in [0.1, 0.15) is 6.54 Å². The zero-order valence-corrected chi connectivity index (χ0v) is 13.4. The van der Waals surface area contributed by atoms with Gasteiger partial charge in [0.05, 0.1) is 11.1 Å². The van der Waals surface area contributed by atoms with Crippen LogP contribution in [0.15, 0.2) is 48.5 Å². The molecular formula is C19H18N2O3. The van der Waals surface area contributed by atoms with Crippen molar-refractivity contribution in [3.63, 3.8) is 0 Å². The average molecular weight is 322 g/mol. The van der Waals surface area contributed by atoms with Gasteiger partial charge in [-0.25, -0.2) is 0 Å². The van der Waals surface area contributed by atoms with Crippen LogP contribution < -0.4 is 5.32 Å². The first-order chi connectivity index (χ1) is 11.6. The average Bonchev–Trinajstić information content (AvgIpc) is 2.80. The third-order valence-electron chi connectivity index (χ3n) is 4.01. The second kappa shape index (κ2) is 6.66. The van der Waals surface area contributed by atoms with Gasteiger partial charge in [-0.2, -0.15) is 0 Å². The largest absolute Gasteiger partial charge is 0.354 e. The lowest BCUT2D eigenvalue weighted by molar-refractivity contribution is -0.121. The third-order valence-corrected chi connectivity index (χ3v) is 4.01. The van der Waals surface area contributed by atoms with Crippen molar-refractivity contribution >= 4 is 17.7 Å². The Bertz CT molecular complexity index is 800. The molecule has 0 unspecified atom stereocenters. The molecule has 0 atom stereocenters. The number of hydrogen-bond acceptors (Lipinski definition) is 3. The van der Waals surface area contributed by atoms with Gasteiger partial charge in [0.2, 0.25) is 5.91 Å². The minimum atomic E-state index is -0.409. The molecule has 1 aliphatic rings. The molecule has 122 valence electrons. The van der Waals surface area contributed by atoms with E-state index in [-0.39, 0.29) is 12.5 Å². The molecule has 0 aromatic heterocycles. The molecule has 0 saturated heterocycles. The van der Waals surface area contributed by atoms with Crippen molar-refractivity contribution in [2.24, 2.45) is 0 Å². The fourth-order valence-corrected chi connectivity index (χ4v) is 2.74. The summed E-state index contributed by atoms with van der Waals surface area (Å²) < 4.78 is 0. The van der Waals surface area contributed by atoms with Crippen molar-refractivity contribution in [2.75, 3.05) is 13.1 Å². The first-order valence-electron chi connectivity index (χ1n) is 7.84. The van der Waals surface area contributed by atoms with E-state index in [9.17, 15) is 14.4 Å². The summed E-state index contributed by atoms with van der Waals surface area (Å²) in [6, 6.07) is 14.9. The molecule has 3 rings (SSSR count). The van der Waals surface area contributed by atoms with Crippen LogP contribution in [-0.4, -0.2) is 35.7 Å². The highest BCUT2D eigenvalue weighted by Crippen LogP contribution is 2.23. The third kappa shape index (κ3) is 3.20. The minimum absolute atomic E-state index is 0.250. The number of imide groups is 1. The lowest BCUT2D eigenvalue weighted by Crippen LogP contribution is -2.40. The van der Waals surface area contributed by atoms with Gasteiger partial charge >= 0.3 is 0 Å². The highest BCUT2D eigenvalue weighted by Gasteiger charge is 2.36. The van der Waals surface area contributed by atoms with Crippen molar-refractivity contribution in [2.45, 2.75) is 13.3 Å². The summed E-state index contributed by atoms with van der Waals surface area (Å²) in [5.41, 5.74) is 2.76. The SMILES string of the molecule is Cc1ccc2c(c1)C(=O)N(CC(=O)NCCc1ccccc1)C2=O. The van der Waals surface area contributed by atoms with E-state index in [0.717, 1.165) is 16.0 Å². The lowest BCUT2D eigenvalue weighted by atomic mass is 10.1. The predicted molar refractivity (Wildman–Crippen MR) is 89.7 cm³/mol. The van der Waals surface area contributed by atoms with E-state index in [2.05, 4.69) is 5.32 Å². The highest BCUT2D eigenvalue weighted by molar-refractivity contribution is 6.22. The van der Waals surface area contributed by atoms with Crippen LogP contribution in [0.1, 0.15) is 31.8 Å². The van der Waals surface area contributed by atoms with Crippen molar-refractivity contribution in [3.8, 4) is 0 Å². The molecule has 0 bridgehead atoms. The number of carbonyl (C=O) groups is 3. The van der Waals surface area contributed by atoms with Gasteiger partial charge in [-0.15, -0.1) is 0 Å². The van der Waals surface area contributed by atoms with Gasteiger partial charge in [0.15, 0.2) is 0 Å². The Kier molecular flexibility index (Phi) is 4.42. The number of nitrogens with zero attached hydrogens (tertiary/aromatic N) is 1. The van der Waals surface area contributed by atoms with Gasteiger partial charge < -0.3 is 5.32 Å². The number of fused-ring (bicyclic) bond motifs is 1. The molecule has 2 aromatic rings. The smallest absolute Gasteiger partial charge is 0.262 e. The summed E-state index contributed by atoms with van der Waals surface area (Å²) in [5, 5.41) is 2.75. The standard InChI is InChI=1S/C19H18N2O3/c1-13-7-8-15-16(11-13)19(24)21(18(15)23)12-17(22)20-10-9-14-5-3-2-4-6-14/h2-8,11H,9-10,12H2,1H3,(H,20,22). The zero-order valence-electron chi connectivity index (χ0n) is 13.4. The molecule has 0 radical (unpaired) electrons. The molecule has 24 heavy (non-hydrogen) atoms. The number of benzene rings is 2. The maximum atomic E-state index is 12.3. The van der Waals surface area contributed by atoms with Crippen LogP contribution in [-0.2, 0) is 11.2 Å². The van der Waals surface area contributed by atoms with Crippen LogP contribution in [0.4, 0.5) is 0 Å². The summed E-state index contributed by atoms with van der Waals surface area (Å²) in [4.78, 5) is 37.6. The maximum Gasteiger partial charge on any atom is 0.262 e. The van der Waals surface area contributed by atoms with E-state index in [4.69, 9.17) is 0 Å². The van der Waals surface area contributed by atoms with Crippen LogP contribution in [0.2, 0.25) is 0 Å². The molecule has 5 heteroatoms. The Labute approximate surface area is 140 Å². The summed E-state index contributed by atoms with van der Waals surface area (Å²) in [5.74, 6) is -1.15. The first kappa shape index (κ1) is 15.9. The molecule has 2 aromatic carbocycles. The number of aryl methyl sites for hydroxylation is 1. The molecular weight excluding hydrogens is 304 g/mol. The Morgan fingerprint density at radius 2 is 1.71 bits per heavy atom. The van der Waals surface area contributed by atoms with E-state index in [0.29, 0.717) is 24.1 Å². The molecule has 1 heterocycles. The molecule has 3 amide bonds. The van der Waals surface area contributed by atoms with Crippen LogP contribution in [0.5, 0.6) is 0 Å². The predicted octanol–water partition coefficient (Wildman–Crippen LogP) is 1.95. The molecule has 1 N–H and O–H groups in total. The summed E-state index contributed by atoms with van der Waals surface area (Å²) in [7, 11) is 0. The minimum Gasteiger partial charge on any atom is -0.354 e. The van der Waals surface area contributed by atoms with E-state index >= 15 is 0 Å². The number of rotatable bonds is 5. The van der Waals surface area contributed by atoms with Crippen LogP contribution in [0, 0.1) is 6.92 Å². The molecule has 0 aliphatic carbocycles. The quantitative estimate of drug-likeness (QED) is 0.856. The van der Waals surface area contributed by atoms with Gasteiger partial charge in [-0.05, 0) is 31.0 Å². The van der Waals surface area contributed by atoms with E-state index in [1.54, 1.807) is 18.2 Å². The fourth-order valence-electron chi connectivity index (χ4n) is 2.74. The fraction of sp³-hybridized carbons (Fsp3) is 0.211. The normalized spacial score (nSPS) is 13.1. The van der Waals surface area contributed by atoms with Crippen molar-refractivity contribution in [1.82, 2.24) is 10.2 Å². The first-order valence-corrected chi connectivity index (χ1v) is 7.84. The second-order valence-electron chi connectivity index (χ2n) is 5.83. The molecule has 0 saturated carbocycles. The van der Waals surface area contributed by atoms with Crippen LogP contribution >= 0.6 is 0 Å². The van der Waals surface area contributed by atoms with E-state index < -0.39 is 11.8 Å². The van der Waals surface area contributed by atoms with E-state index in [1.807, 2.05) is 37.3 Å². The van der Waals surface area contributed by atoms with Crippen molar-refractivity contribution < 1.29 is 14.4 Å². The number of carbonyl (C=O) groups excluding carboxylic acids is 3. The van der Waals surface area contributed by atoms with Crippen molar-refractivity contribution in [3.05, 3.63) is 70.8 Å². The second-order valence-corrected chi connectivity index (χ2v) is 5.83. The van der Waals surface area contributed by atoms with Gasteiger partial charge in [0, 0.05) is 6.54 Å². The number of amides is 3. The molecule has 5 nitrogen and oxygen atoms in total. The highest BCUT2D eigenvalue weighted by atomic mass is 16.2. The Balaban J connectivity index is 1.57. The Hall–Kier alpha value is -2.95. The summed E-state index contributed by atoms with van der Waals surface area (Å²) in [6.45, 7) is 2.07. The van der Waals surface area contributed by atoms with Crippen LogP contribution in [0.25, 0.3) is 0 Å². The summed E-state index contributed by atoms with van der Waals surface area (Å²) >= 11 is 0. The zero-order chi connectivity index (χ0) is 17.1.